The van der Waals surface area contributed by atoms with Crippen LogP contribution in [-0.2, 0) is 21.2 Å². The number of aliphatic imine (C=N–C) groups is 1. The average molecular weight is 401 g/mol. The molecule has 0 saturated heterocycles. The third kappa shape index (κ3) is 4.17. The molecule has 1 aliphatic rings. The summed E-state index contributed by atoms with van der Waals surface area (Å²) in [5.41, 5.74) is 2.61. The molecule has 8 heteroatoms. The number of methoxy groups -OCH3 is 1. The van der Waals surface area contributed by atoms with E-state index in [9.17, 15) is 13.2 Å². The summed E-state index contributed by atoms with van der Waals surface area (Å²) in [4.78, 5) is 16.8. The molecule has 148 valence electrons. The van der Waals surface area contributed by atoms with Gasteiger partial charge in [0.25, 0.3) is 10.0 Å². The predicted molar refractivity (Wildman–Crippen MR) is 107 cm³/mol. The third-order valence-electron chi connectivity index (χ3n) is 4.49. The Morgan fingerprint density at radius 3 is 2.75 bits per heavy atom. The van der Waals surface area contributed by atoms with E-state index in [4.69, 9.17) is 4.74 Å². The minimum absolute atomic E-state index is 0.174. The fraction of sp³-hybridized carbons (Fsp3) is 0.300. The second-order valence-corrected chi connectivity index (χ2v) is 8.26. The van der Waals surface area contributed by atoms with Crippen LogP contribution >= 0.6 is 0 Å². The van der Waals surface area contributed by atoms with Crippen molar-refractivity contribution in [1.82, 2.24) is 10.0 Å². The maximum absolute atomic E-state index is 12.4. The van der Waals surface area contributed by atoms with Crippen LogP contribution in [-0.4, -0.2) is 39.9 Å². The van der Waals surface area contributed by atoms with Crippen LogP contribution in [0.1, 0.15) is 23.6 Å². The van der Waals surface area contributed by atoms with Crippen molar-refractivity contribution in [2.75, 3.05) is 13.7 Å². The summed E-state index contributed by atoms with van der Waals surface area (Å²) >= 11 is 0. The number of amides is 1. The first-order valence-electron chi connectivity index (χ1n) is 8.93. The van der Waals surface area contributed by atoms with E-state index in [1.54, 1.807) is 32.2 Å². The van der Waals surface area contributed by atoms with Gasteiger partial charge in [0, 0.05) is 12.1 Å². The number of sulfonamides is 1. The van der Waals surface area contributed by atoms with Gasteiger partial charge >= 0.3 is 0 Å². The van der Waals surface area contributed by atoms with Crippen LogP contribution in [0.25, 0.3) is 0 Å². The first-order chi connectivity index (χ1) is 13.3. The summed E-state index contributed by atoms with van der Waals surface area (Å²) in [6.07, 6.45) is 0.620. The van der Waals surface area contributed by atoms with Crippen molar-refractivity contribution in [1.29, 1.82) is 0 Å². The Hall–Kier alpha value is -2.87. The van der Waals surface area contributed by atoms with Crippen molar-refractivity contribution in [2.24, 2.45) is 4.99 Å². The number of nitrogens with zero attached hydrogens (tertiary/aromatic N) is 1. The van der Waals surface area contributed by atoms with E-state index in [0.717, 1.165) is 16.9 Å². The molecule has 1 atom stereocenters. The second kappa shape index (κ2) is 8.02. The zero-order chi connectivity index (χ0) is 20.3. The van der Waals surface area contributed by atoms with Gasteiger partial charge in [-0.15, -0.1) is 0 Å². The van der Waals surface area contributed by atoms with Gasteiger partial charge in [0.05, 0.1) is 12.0 Å². The quantitative estimate of drug-likeness (QED) is 0.771. The summed E-state index contributed by atoms with van der Waals surface area (Å²) in [5, 5.41) is 2.84. The van der Waals surface area contributed by atoms with E-state index < -0.39 is 16.1 Å². The number of nitrogens with one attached hydrogen (secondary N) is 2. The lowest BCUT2D eigenvalue weighted by Gasteiger charge is -2.12. The second-order valence-electron chi connectivity index (χ2n) is 6.61. The molecule has 0 aliphatic carbocycles. The molecule has 3 rings (SSSR count). The van der Waals surface area contributed by atoms with Crippen molar-refractivity contribution in [3.8, 4) is 5.75 Å². The predicted octanol–water partition coefficient (Wildman–Crippen LogP) is 1.79. The number of aryl methyl sites for hydroxylation is 1. The van der Waals surface area contributed by atoms with Gasteiger partial charge in [0.2, 0.25) is 5.91 Å². The van der Waals surface area contributed by atoms with Gasteiger partial charge in [0.15, 0.2) is 0 Å². The molecule has 1 aliphatic heterocycles. The highest BCUT2D eigenvalue weighted by atomic mass is 32.2. The van der Waals surface area contributed by atoms with Crippen LogP contribution in [0.15, 0.2) is 52.4 Å². The van der Waals surface area contributed by atoms with Crippen LogP contribution in [0.2, 0.25) is 0 Å². The molecule has 0 bridgehead atoms. The Morgan fingerprint density at radius 2 is 2.00 bits per heavy atom. The van der Waals surface area contributed by atoms with E-state index in [0.29, 0.717) is 18.5 Å². The summed E-state index contributed by atoms with van der Waals surface area (Å²) < 4.78 is 32.0. The van der Waals surface area contributed by atoms with Crippen LogP contribution < -0.4 is 14.8 Å². The van der Waals surface area contributed by atoms with Gasteiger partial charge < -0.3 is 10.1 Å². The Kier molecular flexibility index (Phi) is 5.69. The number of hydrogen-bond acceptors (Lipinski definition) is 5. The maximum atomic E-state index is 12.4. The average Bonchev–Trinajstić information content (AvgIpc) is 2.92. The van der Waals surface area contributed by atoms with Crippen LogP contribution in [0.4, 0.5) is 0 Å². The lowest BCUT2D eigenvalue weighted by atomic mass is 10.1. The van der Waals surface area contributed by atoms with Crippen LogP contribution in [0.5, 0.6) is 5.75 Å². The highest BCUT2D eigenvalue weighted by Crippen LogP contribution is 2.22. The zero-order valence-corrected chi connectivity index (χ0v) is 16.8. The number of hydrogen-bond donors (Lipinski definition) is 2. The number of benzene rings is 2. The van der Waals surface area contributed by atoms with Gasteiger partial charge in [-0.1, -0.05) is 29.8 Å². The van der Waals surface area contributed by atoms with Gasteiger partial charge in [-0.05, 0) is 44.0 Å². The zero-order valence-electron chi connectivity index (χ0n) is 16.0. The number of amidine groups is 1. The van der Waals surface area contributed by atoms with Crippen molar-refractivity contribution in [3.05, 3.63) is 59.2 Å². The van der Waals surface area contributed by atoms with E-state index in [-0.39, 0.29) is 16.6 Å². The van der Waals surface area contributed by atoms with Gasteiger partial charge in [-0.25, -0.2) is 8.42 Å². The van der Waals surface area contributed by atoms with Crippen LogP contribution in [0.3, 0.4) is 0 Å². The minimum atomic E-state index is -3.62. The van der Waals surface area contributed by atoms with E-state index in [2.05, 4.69) is 15.0 Å². The Morgan fingerprint density at radius 1 is 1.25 bits per heavy atom. The first kappa shape index (κ1) is 19.9. The molecule has 0 radical (unpaired) electrons. The number of rotatable bonds is 6. The summed E-state index contributed by atoms with van der Waals surface area (Å²) in [7, 11) is -2.00. The lowest BCUT2D eigenvalue weighted by Crippen LogP contribution is -2.35. The molecular weight excluding hydrogens is 378 g/mol. The smallest absolute Gasteiger partial charge is 0.263 e. The van der Waals surface area contributed by atoms with E-state index >= 15 is 0 Å². The molecule has 1 heterocycles. The van der Waals surface area contributed by atoms with Crippen molar-refractivity contribution >= 4 is 21.8 Å². The molecule has 0 fully saturated rings. The molecule has 2 aromatic rings. The Balaban J connectivity index is 1.65. The van der Waals surface area contributed by atoms with E-state index in [1.165, 1.54) is 6.07 Å². The SMILES string of the molecule is COc1ccc(C)cc1CCNC(=O)[C@H](C)N=C1NS(=O)(=O)c2ccccc21. The molecule has 7 nitrogen and oxygen atoms in total. The molecule has 0 spiro atoms. The summed E-state index contributed by atoms with van der Waals surface area (Å²) in [6.45, 7) is 4.06. The van der Waals surface area contributed by atoms with Crippen molar-refractivity contribution in [2.45, 2.75) is 31.2 Å². The van der Waals surface area contributed by atoms with Crippen LogP contribution in [0, 0.1) is 6.92 Å². The Labute approximate surface area is 164 Å². The largest absolute Gasteiger partial charge is 0.496 e. The molecule has 0 saturated carbocycles. The Bertz CT molecular complexity index is 1030. The fourth-order valence-electron chi connectivity index (χ4n) is 3.05. The highest BCUT2D eigenvalue weighted by molar-refractivity contribution is 7.90. The topological polar surface area (TPSA) is 96.9 Å². The lowest BCUT2D eigenvalue weighted by molar-refractivity contribution is -0.121. The molecule has 2 aromatic carbocycles. The monoisotopic (exact) mass is 401 g/mol. The molecule has 1 amide bonds. The number of fused-ring (bicyclic) bond motifs is 1. The van der Waals surface area contributed by atoms with E-state index in [1.807, 2.05) is 25.1 Å². The fourth-order valence-corrected chi connectivity index (χ4v) is 4.29. The molecule has 0 aromatic heterocycles. The molecule has 28 heavy (non-hydrogen) atoms. The van der Waals surface area contributed by atoms with Gasteiger partial charge in [-0.3, -0.25) is 14.5 Å². The normalized spacial score (nSPS) is 16.9. The highest BCUT2D eigenvalue weighted by Gasteiger charge is 2.31. The molecule has 2 N–H and O–H groups in total. The number of carbonyl (C=O) groups excluding carboxylic acids is 1. The minimum Gasteiger partial charge on any atom is -0.496 e. The molecule has 0 unspecified atom stereocenters. The first-order valence-corrected chi connectivity index (χ1v) is 10.4. The number of carbonyl (C=O) groups is 1. The third-order valence-corrected chi connectivity index (χ3v) is 5.89. The van der Waals surface area contributed by atoms with Crippen molar-refractivity contribution < 1.29 is 17.9 Å². The van der Waals surface area contributed by atoms with Gasteiger partial charge in [-0.2, -0.15) is 0 Å². The van der Waals surface area contributed by atoms with Crippen molar-refractivity contribution in [3.63, 3.8) is 0 Å². The van der Waals surface area contributed by atoms with Gasteiger partial charge in [0.1, 0.15) is 17.6 Å². The standard InChI is InChI=1S/C20H23N3O4S/c1-13-8-9-17(27-3)15(12-13)10-11-21-20(24)14(2)22-19-16-6-4-5-7-18(16)28(25,26)23-19/h4-9,12,14H,10-11H2,1-3H3,(H,21,24)(H,22,23)/t14-/m0/s1. The maximum Gasteiger partial charge on any atom is 0.263 e. The summed E-state index contributed by atoms with van der Waals surface area (Å²) in [5.74, 6) is 0.700. The summed E-state index contributed by atoms with van der Waals surface area (Å²) in [6, 6.07) is 11.7. The number of ether oxygens (including phenoxy) is 1. The molecular formula is C20H23N3O4S.